The lowest BCUT2D eigenvalue weighted by atomic mass is 10.1. The van der Waals surface area contributed by atoms with Gasteiger partial charge < -0.3 is 22.9 Å². The van der Waals surface area contributed by atoms with E-state index >= 15 is 0 Å². The van der Waals surface area contributed by atoms with Crippen LogP contribution < -0.4 is 22.9 Å². The van der Waals surface area contributed by atoms with Crippen molar-refractivity contribution in [3.05, 3.63) is 279 Å². The van der Waals surface area contributed by atoms with Gasteiger partial charge in [-0.15, -0.1) is 0 Å². The predicted octanol–water partition coefficient (Wildman–Crippen LogP) is 17.1. The van der Waals surface area contributed by atoms with Crippen molar-refractivity contribution >= 4 is 203 Å². The van der Waals surface area contributed by atoms with Crippen molar-refractivity contribution in [2.75, 3.05) is 22.9 Å². The molecule has 36 heteroatoms. The van der Waals surface area contributed by atoms with E-state index in [1.54, 1.807) is 18.7 Å². The lowest BCUT2D eigenvalue weighted by Gasteiger charge is -2.13. The van der Waals surface area contributed by atoms with Gasteiger partial charge >= 0.3 is 0 Å². The number of hydrogen-bond donors (Lipinski definition) is 4. The summed E-state index contributed by atoms with van der Waals surface area (Å²) in [7, 11) is 0. The fraction of sp³-hybridized carbons (Fsp3) is 0.0930. The minimum Gasteiger partial charge on any atom is -0.383 e. The molecule has 12 heterocycles. The van der Waals surface area contributed by atoms with Crippen LogP contribution in [0, 0.1) is 57.8 Å². The lowest BCUT2D eigenvalue weighted by molar-refractivity contribution is 0.684. The van der Waals surface area contributed by atoms with Gasteiger partial charge in [0.05, 0.1) is 157 Å². The van der Waals surface area contributed by atoms with Gasteiger partial charge in [-0.3, -0.25) is 0 Å². The zero-order chi connectivity index (χ0) is 84.7. The number of nitriles is 2. The largest absolute Gasteiger partial charge is 0.383 e. The topological polar surface area (TPSA) is 429 Å². The molecule has 0 bridgehead atoms. The number of nitrogens with zero attached hydrogens (tertiary/aromatic N) is 26. The number of benzene rings is 8. The number of hydrogen-bond acceptors (Lipinski definition) is 26. The predicted molar refractivity (Wildman–Crippen MR) is 489 cm³/mol. The first-order valence-electron chi connectivity index (χ1n) is 37.2. The van der Waals surface area contributed by atoms with Gasteiger partial charge in [0, 0.05) is 22.3 Å². The number of aromatic nitrogens is 24. The second-order valence-electron chi connectivity index (χ2n) is 27.7. The molecule has 0 atom stereocenters. The minimum atomic E-state index is 0.164. The number of nitrogens with two attached hydrogens (primary N) is 4. The molecular weight excluding hydrogens is 1850 g/mol. The highest BCUT2D eigenvalue weighted by atomic mass is 127. The number of nitrogen functional groups attached to an aromatic ring is 4. The maximum Gasteiger partial charge on any atom is 0.175 e. The summed E-state index contributed by atoms with van der Waals surface area (Å²) in [6.45, 7) is 9.22. The highest BCUT2D eigenvalue weighted by molar-refractivity contribution is 14.1. The van der Waals surface area contributed by atoms with Crippen molar-refractivity contribution in [1.82, 2.24) is 119 Å². The fourth-order valence-corrected chi connectivity index (χ4v) is 16.6. The normalized spacial score (nSPS) is 11.3. The van der Waals surface area contributed by atoms with Crippen LogP contribution in [0.25, 0.3) is 133 Å². The number of halogens is 6. The van der Waals surface area contributed by atoms with Crippen LogP contribution in [0.3, 0.4) is 0 Å². The Morgan fingerprint density at radius 2 is 0.557 bits per heavy atom. The third-order valence-corrected chi connectivity index (χ3v) is 22.8. The van der Waals surface area contributed by atoms with Crippen molar-refractivity contribution < 1.29 is 0 Å². The van der Waals surface area contributed by atoms with Crippen molar-refractivity contribution in [1.29, 1.82) is 10.5 Å². The van der Waals surface area contributed by atoms with Crippen molar-refractivity contribution in [3.8, 4) is 57.2 Å². The van der Waals surface area contributed by atoms with Crippen LogP contribution in [0.1, 0.15) is 56.4 Å². The highest BCUT2D eigenvalue weighted by Crippen LogP contribution is 2.38. The van der Waals surface area contributed by atoms with Crippen LogP contribution in [0.5, 0.6) is 0 Å². The Bertz CT molecular complexity index is 7690. The third-order valence-electron chi connectivity index (χ3n) is 20.0. The van der Waals surface area contributed by atoms with Gasteiger partial charge in [-0.2, -0.15) is 30.9 Å². The van der Waals surface area contributed by atoms with Crippen LogP contribution in [0.4, 0.5) is 23.3 Å². The Kier molecular flexibility index (Phi) is 22.5. The first-order chi connectivity index (χ1) is 59.2. The smallest absolute Gasteiger partial charge is 0.175 e. The summed E-state index contributed by atoms with van der Waals surface area (Å²) in [5.41, 5.74) is 45.9. The van der Waals surface area contributed by atoms with Crippen LogP contribution in [0.15, 0.2) is 195 Å². The van der Waals surface area contributed by atoms with E-state index < -0.39 is 0 Å². The summed E-state index contributed by atoms with van der Waals surface area (Å²) in [6, 6.07) is 58.0. The van der Waals surface area contributed by atoms with E-state index in [1.807, 2.05) is 198 Å². The fourth-order valence-electron chi connectivity index (χ4n) is 14.1. The summed E-state index contributed by atoms with van der Waals surface area (Å²) in [5.74, 6) is 1.23. The zero-order valence-electron chi connectivity index (χ0n) is 64.5. The van der Waals surface area contributed by atoms with E-state index in [0.29, 0.717) is 101 Å². The average Bonchev–Trinajstić information content (AvgIpc) is 1.71. The molecule has 0 aliphatic carbocycles. The molecule has 0 radical (unpaired) electrons. The van der Waals surface area contributed by atoms with Crippen molar-refractivity contribution in [2.24, 2.45) is 0 Å². The molecule has 8 aromatic carbocycles. The van der Waals surface area contributed by atoms with Crippen LogP contribution in [-0.2, 0) is 26.2 Å². The first kappa shape index (κ1) is 80.5. The highest BCUT2D eigenvalue weighted by Gasteiger charge is 2.26. The minimum absolute atomic E-state index is 0.164. The molecule has 0 spiro atoms. The van der Waals surface area contributed by atoms with Gasteiger partial charge in [0.25, 0.3) is 0 Å². The van der Waals surface area contributed by atoms with Gasteiger partial charge in [-0.05, 0) is 144 Å². The molecular formula is C86H60Cl4I2N30. The average molecular weight is 1910 g/mol. The molecule has 20 aromatic rings. The Hall–Kier alpha value is -13.9. The molecule has 0 unspecified atom stereocenters. The molecule has 0 amide bonds. The molecule has 0 fully saturated rings. The maximum atomic E-state index is 9.50. The number of rotatable bonds is 12. The number of para-hydroxylation sites is 4. The van der Waals surface area contributed by atoms with E-state index in [9.17, 15) is 10.5 Å². The molecule has 596 valence electrons. The van der Waals surface area contributed by atoms with Gasteiger partial charge in [-0.1, -0.05) is 168 Å². The zero-order valence-corrected chi connectivity index (χ0v) is 71.8. The number of fused-ring (bicyclic) bond motifs is 8. The van der Waals surface area contributed by atoms with E-state index in [1.165, 1.54) is 25.3 Å². The quantitative estimate of drug-likeness (QED) is 0.0825. The SMILES string of the molecule is Cc1cccc2nc(-c3ccccc3Cl)c(Cn3nc(C#N)c4c(N)ncnc43)nc12.Cc1cccc2nc(-c3ccccc3Cl)c(Cn3nc(I)c4c(N)ncnc43)nc12.Cc1cccc2nc(Cn3nc(C#N)c4c(N)ncnc43)c(-c3ccccc3Cl)nc12.Cc1cccc2nc(Cn3nc(I)c4c(N)ncnc43)c(-c3ccccc3Cl)nc12. The Labute approximate surface area is 739 Å². The van der Waals surface area contributed by atoms with Gasteiger partial charge in [0.2, 0.25) is 0 Å². The summed E-state index contributed by atoms with van der Waals surface area (Å²) in [6.07, 6.45) is 5.58. The van der Waals surface area contributed by atoms with E-state index in [-0.39, 0.29) is 36.1 Å². The number of aryl methyl sites for hydroxylation is 4. The van der Waals surface area contributed by atoms with Gasteiger partial charge in [0.15, 0.2) is 34.0 Å². The summed E-state index contributed by atoms with van der Waals surface area (Å²) >= 11 is 30.3. The Morgan fingerprint density at radius 3 is 0.861 bits per heavy atom. The number of anilines is 4. The monoisotopic (exact) mass is 1910 g/mol. The molecule has 8 N–H and O–H groups in total. The Morgan fingerprint density at radius 1 is 0.303 bits per heavy atom. The standard InChI is InChI=1S/2C22H15ClN8.2C21H15ClIN7/c1-12-5-4-8-15-19(12)29-17(20(28-15)13-6-2-3-7-14(13)23)10-31-22-18(16(9-24)30-31)21(25)26-11-27-22;1-12-5-4-8-15-19(12)29-20(13-6-2-3-7-14(13)23)17(28-15)10-31-22-18(16(9-24)30-31)21(25)26-11-27-22;1-11-5-4-8-14-17(11)28-15(18(27-14)12-6-2-3-7-13(12)22)9-30-21-16(19(23)29-30)20(24)25-10-26-21;1-11-5-4-8-14-17(11)28-18(12-6-2-3-7-13(12)22)15(27-14)9-30-21-16(19(23)29-30)20(24)25-10-26-21/h2*2-8,11H,10H2,1H3,(H2,25,26,27);2*2-8,10H,9H2,1H3,(H2,24,25,26). The molecule has 0 saturated carbocycles. The maximum absolute atomic E-state index is 9.50. The van der Waals surface area contributed by atoms with E-state index in [4.69, 9.17) is 109 Å². The third kappa shape index (κ3) is 15.6. The molecule has 30 nitrogen and oxygen atoms in total. The lowest BCUT2D eigenvalue weighted by Crippen LogP contribution is -2.09. The van der Waals surface area contributed by atoms with E-state index in [2.05, 4.69) is 118 Å². The van der Waals surface area contributed by atoms with Crippen LogP contribution in [-0.4, -0.2) is 119 Å². The van der Waals surface area contributed by atoms with Crippen molar-refractivity contribution in [3.63, 3.8) is 0 Å². The van der Waals surface area contributed by atoms with Gasteiger partial charge in [0.1, 0.15) is 68.1 Å². The Balaban J connectivity index is 0.000000116. The molecule has 0 aliphatic rings. The summed E-state index contributed by atoms with van der Waals surface area (Å²) < 4.78 is 8.23. The second kappa shape index (κ2) is 34.1. The van der Waals surface area contributed by atoms with Crippen LogP contribution >= 0.6 is 91.6 Å². The molecule has 20 rings (SSSR count). The second-order valence-corrected chi connectivity index (χ2v) is 31.4. The molecule has 0 aliphatic heterocycles. The molecule has 0 saturated heterocycles. The van der Waals surface area contributed by atoms with Crippen molar-refractivity contribution in [2.45, 2.75) is 53.9 Å². The summed E-state index contributed by atoms with van der Waals surface area (Å²) in [5, 5.41) is 41.7. The van der Waals surface area contributed by atoms with Crippen LogP contribution in [0.2, 0.25) is 20.1 Å². The van der Waals surface area contributed by atoms with Gasteiger partial charge in [-0.25, -0.2) is 98.5 Å². The first-order valence-corrected chi connectivity index (χ1v) is 40.9. The molecule has 12 aromatic heterocycles. The molecule has 122 heavy (non-hydrogen) atoms. The van der Waals surface area contributed by atoms with E-state index in [0.717, 1.165) is 130 Å². The summed E-state index contributed by atoms with van der Waals surface area (Å²) in [4.78, 5) is 72.8.